The molecular weight excluding hydrogens is 180 g/mol. The number of terminal acetylenes is 1. The second kappa shape index (κ2) is 4.36. The van der Waals surface area contributed by atoms with Crippen molar-refractivity contribution >= 4 is 12.6 Å². The van der Waals surface area contributed by atoms with E-state index in [-0.39, 0.29) is 0 Å². The maximum Gasteiger partial charge on any atom is 0.140 e. The van der Waals surface area contributed by atoms with Crippen molar-refractivity contribution in [3.8, 4) is 12.3 Å². The van der Waals surface area contributed by atoms with Gasteiger partial charge in [0.2, 0.25) is 0 Å². The second-order valence-electron chi connectivity index (χ2n) is 2.93. The summed E-state index contributed by atoms with van der Waals surface area (Å²) in [6.45, 7) is 2.00. The number of hydrogen-bond donors (Lipinski definition) is 2. The molecule has 1 nitrogen and oxygen atoms in total. The molecule has 2 heteroatoms. The maximum absolute atomic E-state index is 9.46. The minimum atomic E-state index is -0.817. The van der Waals surface area contributed by atoms with Crippen LogP contribution in [-0.2, 0) is 5.75 Å². The Morgan fingerprint density at radius 2 is 2.31 bits per heavy atom. The van der Waals surface area contributed by atoms with Crippen LogP contribution < -0.4 is 0 Å². The number of rotatable bonds is 2. The highest BCUT2D eigenvalue weighted by Crippen LogP contribution is 2.20. The van der Waals surface area contributed by atoms with Gasteiger partial charge in [-0.3, -0.25) is 0 Å². The zero-order valence-electron chi connectivity index (χ0n) is 7.49. The van der Waals surface area contributed by atoms with Crippen LogP contribution in [0.5, 0.6) is 0 Å². The number of benzene rings is 1. The Balaban J connectivity index is 3.15. The number of aliphatic hydroxyl groups is 1. The molecule has 0 fully saturated rings. The van der Waals surface area contributed by atoms with Crippen LogP contribution in [0.2, 0.25) is 0 Å². The number of aryl methyl sites for hydroxylation is 1. The van der Waals surface area contributed by atoms with E-state index in [2.05, 4.69) is 18.5 Å². The average Bonchev–Trinajstić information content (AvgIpc) is 2.16. The monoisotopic (exact) mass is 192 g/mol. The van der Waals surface area contributed by atoms with Crippen molar-refractivity contribution in [3.05, 3.63) is 34.9 Å². The summed E-state index contributed by atoms with van der Waals surface area (Å²) in [5, 5.41) is 9.46. The molecule has 0 amide bonds. The Hall–Kier alpha value is -0.910. The molecule has 1 atom stereocenters. The lowest BCUT2D eigenvalue weighted by Gasteiger charge is -2.10. The van der Waals surface area contributed by atoms with E-state index in [0.29, 0.717) is 5.75 Å². The molecule has 0 saturated heterocycles. The predicted molar refractivity (Wildman–Crippen MR) is 57.7 cm³/mol. The summed E-state index contributed by atoms with van der Waals surface area (Å²) in [5.41, 5.74) is 2.92. The quantitative estimate of drug-likeness (QED) is 0.543. The first-order valence-corrected chi connectivity index (χ1v) is 4.66. The fraction of sp³-hybridized carbons (Fsp3) is 0.273. The van der Waals surface area contributed by atoms with E-state index < -0.39 is 6.10 Å². The van der Waals surface area contributed by atoms with E-state index in [4.69, 9.17) is 6.42 Å². The van der Waals surface area contributed by atoms with Gasteiger partial charge in [0.25, 0.3) is 0 Å². The second-order valence-corrected chi connectivity index (χ2v) is 3.25. The van der Waals surface area contributed by atoms with Gasteiger partial charge in [-0.25, -0.2) is 0 Å². The van der Waals surface area contributed by atoms with Crippen molar-refractivity contribution < 1.29 is 5.11 Å². The first kappa shape index (κ1) is 10.2. The molecule has 0 aromatic heterocycles. The van der Waals surface area contributed by atoms with E-state index in [1.54, 1.807) is 0 Å². The van der Waals surface area contributed by atoms with Gasteiger partial charge in [0.1, 0.15) is 6.10 Å². The van der Waals surface area contributed by atoms with Crippen molar-refractivity contribution in [3.63, 3.8) is 0 Å². The molecule has 1 rings (SSSR count). The van der Waals surface area contributed by atoms with E-state index >= 15 is 0 Å². The lowest BCUT2D eigenvalue weighted by atomic mass is 10.0. The molecule has 68 valence electrons. The van der Waals surface area contributed by atoms with Gasteiger partial charge in [0.15, 0.2) is 0 Å². The lowest BCUT2D eigenvalue weighted by molar-refractivity contribution is 0.237. The Bertz CT molecular complexity index is 338. The maximum atomic E-state index is 9.46. The minimum Gasteiger partial charge on any atom is -0.376 e. The molecule has 0 bridgehead atoms. The fourth-order valence-electron chi connectivity index (χ4n) is 1.23. The first-order valence-electron chi connectivity index (χ1n) is 4.03. The van der Waals surface area contributed by atoms with Gasteiger partial charge in [-0.2, -0.15) is 12.6 Å². The topological polar surface area (TPSA) is 20.2 Å². The van der Waals surface area contributed by atoms with Crippen molar-refractivity contribution in [2.75, 3.05) is 0 Å². The third-order valence-electron chi connectivity index (χ3n) is 1.92. The fourth-order valence-corrected chi connectivity index (χ4v) is 1.50. The summed E-state index contributed by atoms with van der Waals surface area (Å²) in [6.07, 6.45) is 4.32. The first-order chi connectivity index (χ1) is 6.19. The van der Waals surface area contributed by atoms with Crippen molar-refractivity contribution in [1.29, 1.82) is 0 Å². The van der Waals surface area contributed by atoms with Gasteiger partial charge < -0.3 is 5.11 Å². The Labute approximate surface area is 84.2 Å². The highest BCUT2D eigenvalue weighted by Gasteiger charge is 2.08. The van der Waals surface area contributed by atoms with E-state index in [1.165, 1.54) is 0 Å². The van der Waals surface area contributed by atoms with Crippen molar-refractivity contribution in [1.82, 2.24) is 0 Å². The summed E-state index contributed by atoms with van der Waals surface area (Å²) in [4.78, 5) is 0. The van der Waals surface area contributed by atoms with Crippen LogP contribution in [0.15, 0.2) is 18.2 Å². The van der Waals surface area contributed by atoms with Crippen LogP contribution in [-0.4, -0.2) is 5.11 Å². The Morgan fingerprint density at radius 1 is 1.62 bits per heavy atom. The predicted octanol–water partition coefficient (Wildman–Crippen LogP) is 2.09. The molecule has 0 aliphatic carbocycles. The summed E-state index contributed by atoms with van der Waals surface area (Å²) in [5.74, 6) is 2.89. The van der Waals surface area contributed by atoms with Gasteiger partial charge in [0, 0.05) is 5.75 Å². The van der Waals surface area contributed by atoms with Crippen molar-refractivity contribution in [2.45, 2.75) is 18.8 Å². The summed E-state index contributed by atoms with van der Waals surface area (Å²) >= 11 is 4.18. The summed E-state index contributed by atoms with van der Waals surface area (Å²) in [7, 11) is 0. The Kier molecular flexibility index (Phi) is 3.41. The molecule has 0 saturated carbocycles. The van der Waals surface area contributed by atoms with Crippen LogP contribution in [0, 0.1) is 19.3 Å². The molecule has 1 unspecified atom stereocenters. The molecule has 13 heavy (non-hydrogen) atoms. The van der Waals surface area contributed by atoms with E-state index in [9.17, 15) is 5.11 Å². The van der Waals surface area contributed by atoms with Gasteiger partial charge in [0.05, 0.1) is 0 Å². The molecule has 0 aliphatic rings. The van der Waals surface area contributed by atoms with Crippen LogP contribution in [0.3, 0.4) is 0 Å². The van der Waals surface area contributed by atoms with Crippen LogP contribution in [0.4, 0.5) is 0 Å². The highest BCUT2D eigenvalue weighted by atomic mass is 32.1. The molecule has 0 aliphatic heterocycles. The lowest BCUT2D eigenvalue weighted by Crippen LogP contribution is -1.98. The number of aliphatic hydroxyl groups excluding tert-OH is 1. The number of hydrogen-bond acceptors (Lipinski definition) is 2. The summed E-state index contributed by atoms with van der Waals surface area (Å²) in [6, 6.07) is 5.77. The average molecular weight is 192 g/mol. The molecular formula is C11H12OS. The normalized spacial score (nSPS) is 12.2. The van der Waals surface area contributed by atoms with Gasteiger partial charge in [-0.15, -0.1) is 6.42 Å². The molecule has 1 N–H and O–H groups in total. The summed E-state index contributed by atoms with van der Waals surface area (Å²) < 4.78 is 0. The van der Waals surface area contributed by atoms with Crippen LogP contribution in [0.1, 0.15) is 22.8 Å². The van der Waals surface area contributed by atoms with Gasteiger partial charge in [-0.05, 0) is 18.1 Å². The van der Waals surface area contributed by atoms with Crippen LogP contribution in [0.25, 0.3) is 0 Å². The standard InChI is InChI=1S/C11H12OS/c1-3-11(12)10-5-4-8(2)6-9(10)7-13/h1,4-6,11-13H,7H2,2H3. The molecule has 1 aromatic carbocycles. The van der Waals surface area contributed by atoms with E-state index in [0.717, 1.165) is 16.7 Å². The third-order valence-corrected chi connectivity index (χ3v) is 2.26. The Morgan fingerprint density at radius 3 is 2.85 bits per heavy atom. The highest BCUT2D eigenvalue weighted by molar-refractivity contribution is 7.79. The van der Waals surface area contributed by atoms with Crippen molar-refractivity contribution in [2.24, 2.45) is 0 Å². The molecule has 1 aromatic rings. The molecule has 0 radical (unpaired) electrons. The zero-order valence-corrected chi connectivity index (χ0v) is 8.38. The number of thiol groups is 1. The third kappa shape index (κ3) is 2.27. The van der Waals surface area contributed by atoms with E-state index in [1.807, 2.05) is 25.1 Å². The largest absolute Gasteiger partial charge is 0.376 e. The molecule has 0 spiro atoms. The van der Waals surface area contributed by atoms with Gasteiger partial charge in [-0.1, -0.05) is 29.7 Å². The molecule has 0 heterocycles. The zero-order chi connectivity index (χ0) is 9.84. The SMILES string of the molecule is C#CC(O)c1ccc(C)cc1CS. The van der Waals surface area contributed by atoms with Gasteiger partial charge >= 0.3 is 0 Å². The minimum absolute atomic E-state index is 0.593. The smallest absolute Gasteiger partial charge is 0.140 e. The van der Waals surface area contributed by atoms with Crippen LogP contribution >= 0.6 is 12.6 Å².